The first-order valence-electron chi connectivity index (χ1n) is 12.7. The molecule has 0 bridgehead atoms. The Hall–Kier alpha value is -3.16. The molecule has 1 aliphatic heterocycles. The largest absolute Gasteiger partial charge is 0.497 e. The van der Waals surface area contributed by atoms with Crippen LogP contribution < -0.4 is 9.64 Å². The van der Waals surface area contributed by atoms with E-state index in [4.69, 9.17) is 4.74 Å². The van der Waals surface area contributed by atoms with Gasteiger partial charge < -0.3 is 19.4 Å². The molecule has 0 aliphatic carbocycles. The first kappa shape index (κ1) is 26.4. The van der Waals surface area contributed by atoms with E-state index in [0.29, 0.717) is 32.6 Å². The first-order chi connectivity index (χ1) is 16.9. The van der Waals surface area contributed by atoms with Crippen molar-refractivity contribution < 1.29 is 14.3 Å². The van der Waals surface area contributed by atoms with Gasteiger partial charge in [0.05, 0.1) is 19.3 Å². The summed E-state index contributed by atoms with van der Waals surface area (Å²) < 4.78 is 5.30. The topological polar surface area (TPSA) is 78.9 Å². The second-order valence-corrected chi connectivity index (χ2v) is 9.50. The van der Waals surface area contributed by atoms with Crippen molar-refractivity contribution in [2.75, 3.05) is 51.3 Å². The lowest BCUT2D eigenvalue weighted by atomic mass is 10.1. The monoisotopic (exact) mass is 481 g/mol. The maximum atomic E-state index is 13.1. The van der Waals surface area contributed by atoms with E-state index < -0.39 is 0 Å². The Morgan fingerprint density at radius 2 is 1.91 bits per heavy atom. The van der Waals surface area contributed by atoms with Gasteiger partial charge in [0.2, 0.25) is 11.8 Å². The highest BCUT2D eigenvalue weighted by Crippen LogP contribution is 2.23. The van der Waals surface area contributed by atoms with Gasteiger partial charge in [0.1, 0.15) is 5.75 Å². The molecule has 35 heavy (non-hydrogen) atoms. The van der Waals surface area contributed by atoms with E-state index in [1.807, 2.05) is 55.1 Å². The van der Waals surface area contributed by atoms with Gasteiger partial charge in [-0.05, 0) is 43.0 Å². The van der Waals surface area contributed by atoms with Crippen LogP contribution in [0.5, 0.6) is 5.75 Å². The number of benzene rings is 1. The second kappa shape index (κ2) is 13.1. The lowest BCUT2D eigenvalue weighted by Gasteiger charge is -2.27. The van der Waals surface area contributed by atoms with Gasteiger partial charge in [0.25, 0.3) is 0 Å². The minimum absolute atomic E-state index is 0.0273. The number of nitrogens with zero attached hydrogens (tertiary/aromatic N) is 5. The summed E-state index contributed by atoms with van der Waals surface area (Å²) in [6, 6.07) is 11.7. The molecule has 2 amide bonds. The normalized spacial score (nSPS) is 14.1. The van der Waals surface area contributed by atoms with Crippen molar-refractivity contribution in [1.29, 1.82) is 0 Å². The molecule has 1 aromatic heterocycles. The van der Waals surface area contributed by atoms with Gasteiger partial charge in [0, 0.05) is 44.7 Å². The summed E-state index contributed by atoms with van der Waals surface area (Å²) in [6.45, 7) is 9.77. The third kappa shape index (κ3) is 7.67. The molecule has 0 unspecified atom stereocenters. The SMILES string of the molecule is CCCCN(CC(=O)N1CCCN(c2ccc(-c3cccc(OC)c3)nn2)CC1)C(=O)CC(C)C. The van der Waals surface area contributed by atoms with E-state index in [2.05, 4.69) is 22.0 Å². The van der Waals surface area contributed by atoms with E-state index in [1.165, 1.54) is 0 Å². The van der Waals surface area contributed by atoms with Crippen LogP contribution in [0.2, 0.25) is 0 Å². The molecule has 1 saturated heterocycles. The number of hydrogen-bond acceptors (Lipinski definition) is 6. The zero-order valence-corrected chi connectivity index (χ0v) is 21.6. The lowest BCUT2D eigenvalue weighted by molar-refractivity contribution is -0.140. The van der Waals surface area contributed by atoms with Crippen molar-refractivity contribution in [3.63, 3.8) is 0 Å². The Morgan fingerprint density at radius 3 is 2.60 bits per heavy atom. The Labute approximate surface area is 209 Å². The first-order valence-corrected chi connectivity index (χ1v) is 12.7. The molecule has 0 saturated carbocycles. The van der Waals surface area contributed by atoms with Crippen LogP contribution in [-0.2, 0) is 9.59 Å². The Balaban J connectivity index is 1.59. The maximum Gasteiger partial charge on any atom is 0.242 e. The molecule has 0 N–H and O–H groups in total. The fourth-order valence-corrected chi connectivity index (χ4v) is 4.21. The number of hydrogen-bond donors (Lipinski definition) is 0. The fraction of sp³-hybridized carbons (Fsp3) is 0.556. The summed E-state index contributed by atoms with van der Waals surface area (Å²) in [5.74, 6) is 1.97. The van der Waals surface area contributed by atoms with Crippen LogP contribution in [0.15, 0.2) is 36.4 Å². The number of carbonyl (C=O) groups is 2. The molecule has 2 aromatic rings. The number of carbonyl (C=O) groups excluding carboxylic acids is 2. The quantitative estimate of drug-likeness (QED) is 0.513. The molecule has 0 spiro atoms. The highest BCUT2D eigenvalue weighted by molar-refractivity contribution is 5.85. The summed E-state index contributed by atoms with van der Waals surface area (Å²) in [7, 11) is 1.65. The van der Waals surface area contributed by atoms with Gasteiger partial charge in [-0.25, -0.2) is 0 Å². The summed E-state index contributed by atoms with van der Waals surface area (Å²) in [4.78, 5) is 31.6. The summed E-state index contributed by atoms with van der Waals surface area (Å²) in [6.07, 6.45) is 3.24. The Bertz CT molecular complexity index is 964. The van der Waals surface area contributed by atoms with Gasteiger partial charge >= 0.3 is 0 Å². The molecule has 0 radical (unpaired) electrons. The second-order valence-electron chi connectivity index (χ2n) is 9.50. The van der Waals surface area contributed by atoms with Crippen LogP contribution in [-0.4, -0.2) is 78.2 Å². The van der Waals surface area contributed by atoms with Crippen molar-refractivity contribution in [3.8, 4) is 17.0 Å². The third-order valence-corrected chi connectivity index (χ3v) is 6.23. The molecule has 1 aromatic carbocycles. The molecule has 2 heterocycles. The standard InChI is InChI=1S/C27H39N5O3/c1-5-6-13-32(26(33)18-21(2)3)20-27(34)31-15-8-14-30(16-17-31)25-12-11-24(28-29-25)22-9-7-10-23(19-22)35-4/h7,9-12,19,21H,5-6,8,13-18,20H2,1-4H3. The molecule has 190 valence electrons. The van der Waals surface area contributed by atoms with Crippen molar-refractivity contribution in [3.05, 3.63) is 36.4 Å². The van der Waals surface area contributed by atoms with Gasteiger partial charge in [-0.1, -0.05) is 39.3 Å². The van der Waals surface area contributed by atoms with E-state index in [9.17, 15) is 9.59 Å². The van der Waals surface area contributed by atoms with Crippen LogP contribution in [0, 0.1) is 5.92 Å². The van der Waals surface area contributed by atoms with Gasteiger partial charge in [-0.3, -0.25) is 9.59 Å². The number of amides is 2. The van der Waals surface area contributed by atoms with Crippen molar-refractivity contribution in [2.24, 2.45) is 5.92 Å². The van der Waals surface area contributed by atoms with Gasteiger partial charge in [-0.2, -0.15) is 0 Å². The van der Waals surface area contributed by atoms with Gasteiger partial charge in [0.15, 0.2) is 5.82 Å². The summed E-state index contributed by atoms with van der Waals surface area (Å²) >= 11 is 0. The molecule has 1 fully saturated rings. The zero-order chi connectivity index (χ0) is 25.2. The van der Waals surface area contributed by atoms with Crippen LogP contribution >= 0.6 is 0 Å². The smallest absolute Gasteiger partial charge is 0.242 e. The number of rotatable bonds is 10. The number of anilines is 1. The van der Waals surface area contributed by atoms with E-state index in [1.54, 1.807) is 12.0 Å². The van der Waals surface area contributed by atoms with Crippen molar-refractivity contribution >= 4 is 17.6 Å². The molecular formula is C27H39N5O3. The van der Waals surface area contributed by atoms with E-state index >= 15 is 0 Å². The molecular weight excluding hydrogens is 442 g/mol. The van der Waals surface area contributed by atoms with Crippen molar-refractivity contribution in [1.82, 2.24) is 20.0 Å². The molecule has 8 nitrogen and oxygen atoms in total. The predicted octanol–water partition coefficient (Wildman–Crippen LogP) is 3.87. The number of unbranched alkanes of at least 4 members (excludes halogenated alkanes) is 1. The predicted molar refractivity (Wildman–Crippen MR) is 138 cm³/mol. The zero-order valence-electron chi connectivity index (χ0n) is 21.6. The Morgan fingerprint density at radius 1 is 1.09 bits per heavy atom. The number of ether oxygens (including phenoxy) is 1. The highest BCUT2D eigenvalue weighted by atomic mass is 16.5. The van der Waals surface area contributed by atoms with E-state index in [-0.39, 0.29) is 24.3 Å². The molecule has 3 rings (SSSR count). The van der Waals surface area contributed by atoms with Crippen LogP contribution in [0.25, 0.3) is 11.3 Å². The Kier molecular flexibility index (Phi) is 9.87. The summed E-state index contributed by atoms with van der Waals surface area (Å²) in [5.41, 5.74) is 1.74. The summed E-state index contributed by atoms with van der Waals surface area (Å²) in [5, 5.41) is 8.88. The van der Waals surface area contributed by atoms with Crippen molar-refractivity contribution in [2.45, 2.75) is 46.5 Å². The van der Waals surface area contributed by atoms with E-state index in [0.717, 1.165) is 48.6 Å². The number of methoxy groups -OCH3 is 1. The molecule has 1 aliphatic rings. The molecule has 8 heteroatoms. The maximum absolute atomic E-state index is 13.1. The minimum Gasteiger partial charge on any atom is -0.497 e. The lowest BCUT2D eigenvalue weighted by Crippen LogP contribution is -2.44. The average Bonchev–Trinajstić information content (AvgIpc) is 3.12. The van der Waals surface area contributed by atoms with Crippen LogP contribution in [0.3, 0.4) is 0 Å². The van der Waals surface area contributed by atoms with Crippen LogP contribution in [0.1, 0.15) is 46.5 Å². The van der Waals surface area contributed by atoms with Crippen LogP contribution in [0.4, 0.5) is 5.82 Å². The minimum atomic E-state index is 0.0273. The number of aromatic nitrogens is 2. The fourth-order valence-electron chi connectivity index (χ4n) is 4.21. The highest BCUT2D eigenvalue weighted by Gasteiger charge is 2.24. The third-order valence-electron chi connectivity index (χ3n) is 6.23. The molecule has 0 atom stereocenters. The van der Waals surface area contributed by atoms with Gasteiger partial charge in [-0.15, -0.1) is 10.2 Å². The average molecular weight is 482 g/mol.